The molecule has 0 bridgehead atoms. The van der Waals surface area contributed by atoms with Gasteiger partial charge in [0.25, 0.3) is 5.91 Å². The van der Waals surface area contributed by atoms with Crippen LogP contribution in [0.15, 0.2) is 30.5 Å². The van der Waals surface area contributed by atoms with Crippen LogP contribution in [0.25, 0.3) is 16.7 Å². The predicted molar refractivity (Wildman–Crippen MR) is 95.8 cm³/mol. The van der Waals surface area contributed by atoms with Crippen LogP contribution in [-0.4, -0.2) is 38.7 Å². The van der Waals surface area contributed by atoms with E-state index in [2.05, 4.69) is 10.1 Å². The van der Waals surface area contributed by atoms with E-state index in [-0.39, 0.29) is 11.7 Å². The van der Waals surface area contributed by atoms with E-state index in [4.69, 9.17) is 11.6 Å². The highest BCUT2D eigenvalue weighted by molar-refractivity contribution is 6.38. The summed E-state index contributed by atoms with van der Waals surface area (Å²) in [4.78, 5) is 18.7. The first-order chi connectivity index (χ1) is 12.0. The standard InChI is InChI=1S/C18H18ClFN4O/c1-4-23(5-2)18(25)14-10-21-17-15(16(14)19)11(3)22-24(17)13-8-6-12(20)7-9-13/h6-10H,4-5H2,1-3H3. The van der Waals surface area contributed by atoms with Gasteiger partial charge in [-0.15, -0.1) is 0 Å². The number of pyridine rings is 1. The largest absolute Gasteiger partial charge is 0.339 e. The number of rotatable bonds is 4. The van der Waals surface area contributed by atoms with Gasteiger partial charge in [0, 0.05) is 19.3 Å². The second-order valence-electron chi connectivity index (χ2n) is 5.64. The van der Waals surface area contributed by atoms with Gasteiger partial charge in [-0.05, 0) is 45.0 Å². The number of amides is 1. The summed E-state index contributed by atoms with van der Waals surface area (Å²) in [6.45, 7) is 6.83. The van der Waals surface area contributed by atoms with Gasteiger partial charge in [-0.25, -0.2) is 14.1 Å². The highest BCUT2D eigenvalue weighted by Gasteiger charge is 2.22. The summed E-state index contributed by atoms with van der Waals surface area (Å²) in [7, 11) is 0. The number of nitrogens with zero attached hydrogens (tertiary/aromatic N) is 4. The third kappa shape index (κ3) is 2.98. The van der Waals surface area contributed by atoms with Crippen LogP contribution in [0.2, 0.25) is 5.02 Å². The van der Waals surface area contributed by atoms with E-state index in [0.29, 0.717) is 46.1 Å². The Morgan fingerprint density at radius 2 is 1.88 bits per heavy atom. The van der Waals surface area contributed by atoms with Crippen LogP contribution >= 0.6 is 11.6 Å². The second kappa shape index (κ2) is 6.80. The number of carbonyl (C=O) groups excluding carboxylic acids is 1. The molecule has 1 amide bonds. The first-order valence-corrected chi connectivity index (χ1v) is 8.44. The highest BCUT2D eigenvalue weighted by Crippen LogP contribution is 2.30. The van der Waals surface area contributed by atoms with Gasteiger partial charge in [0.1, 0.15) is 5.82 Å². The molecule has 3 rings (SSSR count). The molecule has 0 fully saturated rings. The second-order valence-corrected chi connectivity index (χ2v) is 6.01. The Hall–Kier alpha value is -2.47. The molecular formula is C18H18ClFN4O. The monoisotopic (exact) mass is 360 g/mol. The van der Waals surface area contributed by atoms with Crippen LogP contribution in [0, 0.1) is 12.7 Å². The lowest BCUT2D eigenvalue weighted by molar-refractivity contribution is 0.0773. The molecule has 0 saturated carbocycles. The number of aromatic nitrogens is 3. The fourth-order valence-corrected chi connectivity index (χ4v) is 3.15. The van der Waals surface area contributed by atoms with Crippen molar-refractivity contribution in [2.24, 2.45) is 0 Å². The molecule has 0 N–H and O–H groups in total. The summed E-state index contributed by atoms with van der Waals surface area (Å²) in [6, 6.07) is 5.95. The topological polar surface area (TPSA) is 51.0 Å². The molecule has 130 valence electrons. The maximum Gasteiger partial charge on any atom is 0.256 e. The molecule has 2 aromatic heterocycles. The lowest BCUT2D eigenvalue weighted by Crippen LogP contribution is -2.30. The minimum Gasteiger partial charge on any atom is -0.339 e. The van der Waals surface area contributed by atoms with E-state index in [1.807, 2.05) is 20.8 Å². The van der Waals surface area contributed by atoms with Gasteiger partial charge >= 0.3 is 0 Å². The van der Waals surface area contributed by atoms with Crippen LogP contribution in [0.3, 0.4) is 0 Å². The van der Waals surface area contributed by atoms with Crippen LogP contribution in [0.4, 0.5) is 4.39 Å². The SMILES string of the molecule is CCN(CC)C(=O)c1cnc2c(c(C)nn2-c2ccc(F)cc2)c1Cl. The summed E-state index contributed by atoms with van der Waals surface area (Å²) in [5.74, 6) is -0.478. The van der Waals surface area contributed by atoms with Crippen molar-refractivity contribution in [2.45, 2.75) is 20.8 Å². The fourth-order valence-electron chi connectivity index (χ4n) is 2.80. The van der Waals surface area contributed by atoms with Gasteiger partial charge in [0.15, 0.2) is 5.65 Å². The summed E-state index contributed by atoms with van der Waals surface area (Å²) in [5.41, 5.74) is 2.22. The van der Waals surface area contributed by atoms with Gasteiger partial charge in [0.2, 0.25) is 0 Å². The van der Waals surface area contributed by atoms with Crippen molar-refractivity contribution in [1.29, 1.82) is 0 Å². The van der Waals surface area contributed by atoms with Crippen LogP contribution in [-0.2, 0) is 0 Å². The molecule has 0 aliphatic heterocycles. The predicted octanol–water partition coefficient (Wildman–Crippen LogP) is 4.00. The molecule has 0 aliphatic rings. The number of hydrogen-bond donors (Lipinski definition) is 0. The molecule has 3 aromatic rings. The zero-order valence-corrected chi connectivity index (χ0v) is 15.0. The minimum absolute atomic E-state index is 0.154. The molecule has 7 heteroatoms. The minimum atomic E-state index is -0.324. The van der Waals surface area contributed by atoms with E-state index < -0.39 is 0 Å². The van der Waals surface area contributed by atoms with E-state index in [1.165, 1.54) is 18.3 Å². The van der Waals surface area contributed by atoms with Crippen molar-refractivity contribution in [3.8, 4) is 5.69 Å². The number of fused-ring (bicyclic) bond motifs is 1. The number of halogens is 2. The Bertz CT molecular complexity index is 932. The molecule has 0 radical (unpaired) electrons. The third-order valence-electron chi connectivity index (χ3n) is 4.16. The van der Waals surface area contributed by atoms with Gasteiger partial charge in [-0.1, -0.05) is 11.6 Å². The molecule has 0 spiro atoms. The zero-order valence-electron chi connectivity index (χ0n) is 14.3. The van der Waals surface area contributed by atoms with E-state index in [1.54, 1.807) is 21.7 Å². The molecule has 0 aliphatic carbocycles. The summed E-state index contributed by atoms with van der Waals surface area (Å²) in [5, 5.41) is 5.43. The number of hydrogen-bond acceptors (Lipinski definition) is 3. The number of benzene rings is 1. The van der Waals surface area contributed by atoms with Gasteiger partial charge in [-0.2, -0.15) is 5.10 Å². The maximum atomic E-state index is 13.2. The van der Waals surface area contributed by atoms with Crippen LogP contribution < -0.4 is 0 Å². The number of aryl methyl sites for hydroxylation is 1. The zero-order chi connectivity index (χ0) is 18.1. The van der Waals surface area contributed by atoms with Crippen molar-refractivity contribution >= 4 is 28.5 Å². The summed E-state index contributed by atoms with van der Waals surface area (Å²) >= 11 is 6.52. The van der Waals surface area contributed by atoms with E-state index in [0.717, 1.165) is 0 Å². The van der Waals surface area contributed by atoms with Crippen molar-refractivity contribution < 1.29 is 9.18 Å². The lowest BCUT2D eigenvalue weighted by atomic mass is 10.2. The first-order valence-electron chi connectivity index (χ1n) is 8.07. The highest BCUT2D eigenvalue weighted by atomic mass is 35.5. The van der Waals surface area contributed by atoms with Crippen molar-refractivity contribution in [2.75, 3.05) is 13.1 Å². The fraction of sp³-hybridized carbons (Fsp3) is 0.278. The van der Waals surface area contributed by atoms with E-state index in [9.17, 15) is 9.18 Å². The van der Waals surface area contributed by atoms with Crippen molar-refractivity contribution in [1.82, 2.24) is 19.7 Å². The molecule has 2 heterocycles. The molecular weight excluding hydrogens is 343 g/mol. The lowest BCUT2D eigenvalue weighted by Gasteiger charge is -2.19. The Morgan fingerprint density at radius 3 is 2.48 bits per heavy atom. The average molecular weight is 361 g/mol. The quantitative estimate of drug-likeness (QED) is 0.706. The Kier molecular flexibility index (Phi) is 4.72. The molecule has 1 aromatic carbocycles. The van der Waals surface area contributed by atoms with Crippen LogP contribution in [0.1, 0.15) is 29.9 Å². The molecule has 5 nitrogen and oxygen atoms in total. The number of carbonyl (C=O) groups is 1. The Morgan fingerprint density at radius 1 is 1.24 bits per heavy atom. The average Bonchev–Trinajstić information content (AvgIpc) is 2.94. The molecule has 25 heavy (non-hydrogen) atoms. The Balaban J connectivity index is 2.16. The molecule has 0 unspecified atom stereocenters. The first kappa shape index (κ1) is 17.4. The van der Waals surface area contributed by atoms with E-state index >= 15 is 0 Å². The van der Waals surface area contributed by atoms with Gasteiger partial charge in [0.05, 0.1) is 27.4 Å². The molecule has 0 saturated heterocycles. The normalized spacial score (nSPS) is 11.1. The smallest absolute Gasteiger partial charge is 0.256 e. The van der Waals surface area contributed by atoms with Crippen molar-refractivity contribution in [3.05, 3.63) is 52.6 Å². The summed E-state index contributed by atoms with van der Waals surface area (Å²) < 4.78 is 14.8. The van der Waals surface area contributed by atoms with Gasteiger partial charge < -0.3 is 4.90 Å². The third-order valence-corrected chi connectivity index (χ3v) is 4.55. The molecule has 0 atom stereocenters. The Labute approximate surface area is 150 Å². The van der Waals surface area contributed by atoms with Gasteiger partial charge in [-0.3, -0.25) is 4.79 Å². The maximum absolute atomic E-state index is 13.2. The summed E-state index contributed by atoms with van der Waals surface area (Å²) in [6.07, 6.45) is 1.48. The van der Waals surface area contributed by atoms with Crippen molar-refractivity contribution in [3.63, 3.8) is 0 Å². The van der Waals surface area contributed by atoms with Crippen LogP contribution in [0.5, 0.6) is 0 Å².